The van der Waals surface area contributed by atoms with E-state index >= 15 is 0 Å². The minimum atomic E-state index is -0.613. The second-order valence-electron chi connectivity index (χ2n) is 5.28. The van der Waals surface area contributed by atoms with Crippen molar-refractivity contribution >= 4 is 45.5 Å². The Morgan fingerprint density at radius 1 is 1.12 bits per heavy atom. The number of methoxy groups -OCH3 is 1. The molecular weight excluding hydrogens is 362 g/mol. The van der Waals surface area contributed by atoms with Crippen molar-refractivity contribution in [1.82, 2.24) is 0 Å². The topological polar surface area (TPSA) is 81.7 Å². The van der Waals surface area contributed by atoms with Crippen molar-refractivity contribution in [2.75, 3.05) is 19.0 Å². The predicted octanol–water partition coefficient (Wildman–Crippen LogP) is 3.95. The third-order valence-electron chi connectivity index (χ3n) is 3.61. The van der Waals surface area contributed by atoms with Gasteiger partial charge >= 0.3 is 11.9 Å². The average molecular weight is 381 g/mol. The van der Waals surface area contributed by atoms with Crippen LogP contribution in [0.3, 0.4) is 0 Å². The lowest BCUT2D eigenvalue weighted by Gasteiger charge is -2.04. The highest BCUT2D eigenvalue weighted by Gasteiger charge is 2.27. The third-order valence-corrected chi connectivity index (χ3v) is 5.95. The summed E-state index contributed by atoms with van der Waals surface area (Å²) in [6.45, 7) is 7.41. The van der Waals surface area contributed by atoms with Crippen LogP contribution < -0.4 is 5.32 Å². The van der Waals surface area contributed by atoms with E-state index in [1.807, 2.05) is 13.8 Å². The molecule has 0 bridgehead atoms. The van der Waals surface area contributed by atoms with Crippen LogP contribution in [0.2, 0.25) is 0 Å². The first-order chi connectivity index (χ1) is 11.8. The molecule has 0 spiro atoms. The molecule has 8 heteroatoms. The van der Waals surface area contributed by atoms with E-state index in [1.165, 1.54) is 18.4 Å². The van der Waals surface area contributed by atoms with Crippen LogP contribution in [0.1, 0.15) is 52.6 Å². The van der Waals surface area contributed by atoms with Gasteiger partial charge in [0.2, 0.25) is 0 Å². The lowest BCUT2D eigenvalue weighted by atomic mass is 10.1. The number of carbonyl (C=O) groups is 3. The lowest BCUT2D eigenvalue weighted by molar-refractivity contribution is 0.0531. The maximum atomic E-state index is 12.5. The van der Waals surface area contributed by atoms with Gasteiger partial charge in [-0.15, -0.1) is 22.7 Å². The number of aryl methyl sites for hydroxylation is 2. The van der Waals surface area contributed by atoms with E-state index in [4.69, 9.17) is 9.47 Å². The molecule has 0 aliphatic heterocycles. The molecule has 134 valence electrons. The van der Waals surface area contributed by atoms with E-state index in [-0.39, 0.29) is 28.0 Å². The van der Waals surface area contributed by atoms with Gasteiger partial charge in [0, 0.05) is 4.88 Å². The highest BCUT2D eigenvalue weighted by atomic mass is 32.1. The molecule has 1 amide bonds. The number of anilines is 1. The standard InChI is InChI=1S/C17H19NO5S2/c1-6-23-17(21)13-9(3)12(16(20)22-5)15(25-13)18-14(19)11-7-8(2)10(4)24-11/h7H,6H2,1-5H3,(H,18,19). The number of carbonyl (C=O) groups excluding carboxylic acids is 3. The van der Waals surface area contributed by atoms with Crippen molar-refractivity contribution in [3.05, 3.63) is 37.4 Å². The number of hydrogen-bond donors (Lipinski definition) is 1. The molecule has 0 saturated heterocycles. The van der Waals surface area contributed by atoms with Crippen molar-refractivity contribution in [2.45, 2.75) is 27.7 Å². The Morgan fingerprint density at radius 2 is 1.80 bits per heavy atom. The van der Waals surface area contributed by atoms with Gasteiger partial charge in [0.25, 0.3) is 5.91 Å². The molecular formula is C17H19NO5S2. The summed E-state index contributed by atoms with van der Waals surface area (Å²) in [4.78, 5) is 38.5. The zero-order valence-corrected chi connectivity index (χ0v) is 16.3. The van der Waals surface area contributed by atoms with E-state index in [2.05, 4.69) is 5.32 Å². The molecule has 6 nitrogen and oxygen atoms in total. The Kier molecular flexibility index (Phi) is 5.97. The summed E-state index contributed by atoms with van der Waals surface area (Å²) < 4.78 is 9.80. The molecule has 0 fully saturated rings. The van der Waals surface area contributed by atoms with Gasteiger partial charge in [0.05, 0.1) is 24.2 Å². The third kappa shape index (κ3) is 3.91. The van der Waals surface area contributed by atoms with Gasteiger partial charge < -0.3 is 14.8 Å². The Morgan fingerprint density at radius 3 is 2.32 bits per heavy atom. The summed E-state index contributed by atoms with van der Waals surface area (Å²) in [5.74, 6) is -1.47. The summed E-state index contributed by atoms with van der Waals surface area (Å²) in [7, 11) is 1.25. The minimum absolute atomic E-state index is 0.175. The van der Waals surface area contributed by atoms with E-state index in [0.717, 1.165) is 21.8 Å². The summed E-state index contributed by atoms with van der Waals surface area (Å²) in [6, 6.07) is 1.79. The van der Waals surface area contributed by atoms with Crippen molar-refractivity contribution in [3.8, 4) is 0 Å². The Bertz CT molecular complexity index is 815. The number of esters is 2. The Labute approximate surface area is 153 Å². The van der Waals surface area contributed by atoms with Gasteiger partial charge in [0.15, 0.2) is 0 Å². The second-order valence-corrected chi connectivity index (χ2v) is 7.55. The smallest absolute Gasteiger partial charge is 0.348 e. The van der Waals surface area contributed by atoms with Gasteiger partial charge in [-0.2, -0.15) is 0 Å². The van der Waals surface area contributed by atoms with Crippen LogP contribution in [-0.2, 0) is 9.47 Å². The number of nitrogens with one attached hydrogen (secondary N) is 1. The first-order valence-corrected chi connectivity index (χ1v) is 9.20. The van der Waals surface area contributed by atoms with Crippen LogP contribution in [0, 0.1) is 20.8 Å². The summed E-state index contributed by atoms with van der Waals surface area (Å²) >= 11 is 2.38. The molecule has 0 aromatic carbocycles. The van der Waals surface area contributed by atoms with Crippen LogP contribution >= 0.6 is 22.7 Å². The fourth-order valence-corrected chi connectivity index (χ4v) is 4.20. The van der Waals surface area contributed by atoms with Gasteiger partial charge in [-0.3, -0.25) is 4.79 Å². The molecule has 2 aromatic rings. The van der Waals surface area contributed by atoms with Crippen LogP contribution in [0.4, 0.5) is 5.00 Å². The molecule has 0 aliphatic carbocycles. The SMILES string of the molecule is CCOC(=O)c1sc(NC(=O)c2cc(C)c(C)s2)c(C(=O)OC)c1C. The van der Waals surface area contributed by atoms with E-state index in [0.29, 0.717) is 10.4 Å². The van der Waals surface area contributed by atoms with Gasteiger partial charge in [-0.25, -0.2) is 9.59 Å². The molecule has 0 atom stereocenters. The quantitative estimate of drug-likeness (QED) is 0.793. The Hall–Kier alpha value is -2.19. The summed E-state index contributed by atoms with van der Waals surface area (Å²) in [5.41, 5.74) is 1.64. The molecule has 0 saturated carbocycles. The van der Waals surface area contributed by atoms with Crippen LogP contribution in [0.25, 0.3) is 0 Å². The molecule has 2 aromatic heterocycles. The fourth-order valence-electron chi connectivity index (χ4n) is 2.19. The highest BCUT2D eigenvalue weighted by molar-refractivity contribution is 7.19. The monoisotopic (exact) mass is 381 g/mol. The fraction of sp³-hybridized carbons (Fsp3) is 0.353. The number of ether oxygens (including phenoxy) is 2. The second kappa shape index (κ2) is 7.79. The van der Waals surface area contributed by atoms with Crippen LogP contribution in [-0.4, -0.2) is 31.6 Å². The summed E-state index contributed by atoms with van der Waals surface area (Å²) in [6.07, 6.45) is 0. The molecule has 0 aliphatic rings. The van der Waals surface area contributed by atoms with Crippen molar-refractivity contribution in [1.29, 1.82) is 0 Å². The Balaban J connectivity index is 2.41. The summed E-state index contributed by atoms with van der Waals surface area (Å²) in [5, 5.41) is 3.00. The van der Waals surface area contributed by atoms with Crippen molar-refractivity contribution in [2.24, 2.45) is 0 Å². The lowest BCUT2D eigenvalue weighted by Crippen LogP contribution is -2.13. The normalized spacial score (nSPS) is 10.4. The molecule has 1 N–H and O–H groups in total. The van der Waals surface area contributed by atoms with Crippen LogP contribution in [0.15, 0.2) is 6.07 Å². The van der Waals surface area contributed by atoms with Crippen molar-refractivity contribution in [3.63, 3.8) is 0 Å². The van der Waals surface area contributed by atoms with E-state index < -0.39 is 11.9 Å². The number of rotatable bonds is 5. The predicted molar refractivity (Wildman–Crippen MR) is 98.1 cm³/mol. The van der Waals surface area contributed by atoms with Gasteiger partial charge in [0.1, 0.15) is 9.88 Å². The zero-order valence-electron chi connectivity index (χ0n) is 14.6. The highest BCUT2D eigenvalue weighted by Crippen LogP contribution is 2.35. The minimum Gasteiger partial charge on any atom is -0.465 e. The number of thiophene rings is 2. The maximum Gasteiger partial charge on any atom is 0.348 e. The van der Waals surface area contributed by atoms with Crippen LogP contribution in [0.5, 0.6) is 0 Å². The first kappa shape index (κ1) is 19.1. The number of hydrogen-bond acceptors (Lipinski definition) is 7. The molecule has 2 rings (SSSR count). The molecule has 25 heavy (non-hydrogen) atoms. The van der Waals surface area contributed by atoms with Crippen molar-refractivity contribution < 1.29 is 23.9 Å². The zero-order chi connectivity index (χ0) is 18.7. The largest absolute Gasteiger partial charge is 0.465 e. The maximum absolute atomic E-state index is 12.5. The molecule has 0 unspecified atom stereocenters. The average Bonchev–Trinajstić information content (AvgIpc) is 3.07. The van der Waals surface area contributed by atoms with Gasteiger partial charge in [-0.05, 0) is 44.9 Å². The van der Waals surface area contributed by atoms with Gasteiger partial charge in [-0.1, -0.05) is 0 Å². The number of amides is 1. The van der Waals surface area contributed by atoms with E-state index in [1.54, 1.807) is 19.9 Å². The van der Waals surface area contributed by atoms with E-state index in [9.17, 15) is 14.4 Å². The molecule has 0 radical (unpaired) electrons. The molecule has 2 heterocycles. The first-order valence-electron chi connectivity index (χ1n) is 7.57.